The summed E-state index contributed by atoms with van der Waals surface area (Å²) in [6.45, 7) is 9.28. The van der Waals surface area contributed by atoms with Gasteiger partial charge in [0.2, 0.25) is 0 Å². The molecule has 0 saturated carbocycles. The highest BCUT2D eigenvalue weighted by Crippen LogP contribution is 2.12. The summed E-state index contributed by atoms with van der Waals surface area (Å²) in [4.78, 5) is 6.92. The van der Waals surface area contributed by atoms with Crippen molar-refractivity contribution in [1.82, 2.24) is 15.2 Å². The van der Waals surface area contributed by atoms with Crippen LogP contribution in [0.25, 0.3) is 0 Å². The van der Waals surface area contributed by atoms with E-state index in [0.29, 0.717) is 6.04 Å². The van der Waals surface area contributed by atoms with Crippen LogP contribution in [0.3, 0.4) is 0 Å². The van der Waals surface area contributed by atoms with E-state index in [1.807, 2.05) is 5.51 Å². The van der Waals surface area contributed by atoms with Crippen molar-refractivity contribution in [3.8, 4) is 0 Å². The monoisotopic (exact) mass is 253 g/mol. The van der Waals surface area contributed by atoms with Crippen molar-refractivity contribution in [1.29, 1.82) is 0 Å². The number of aromatic nitrogens is 1. The first kappa shape index (κ1) is 13.0. The molecule has 2 atom stereocenters. The first-order valence-corrected chi connectivity index (χ1v) is 7.56. The maximum absolute atomic E-state index is 4.35. The van der Waals surface area contributed by atoms with Crippen molar-refractivity contribution >= 4 is 11.3 Å². The maximum Gasteiger partial charge on any atom is 0.0794 e. The number of thiazole rings is 1. The van der Waals surface area contributed by atoms with Crippen molar-refractivity contribution < 1.29 is 0 Å². The Morgan fingerprint density at radius 1 is 1.65 bits per heavy atom. The molecule has 2 heterocycles. The summed E-state index contributed by atoms with van der Waals surface area (Å²) < 4.78 is 0. The quantitative estimate of drug-likeness (QED) is 0.870. The molecule has 1 aliphatic rings. The van der Waals surface area contributed by atoms with E-state index in [1.54, 1.807) is 11.3 Å². The number of piperazine rings is 1. The van der Waals surface area contributed by atoms with Gasteiger partial charge in [0.05, 0.1) is 11.2 Å². The van der Waals surface area contributed by atoms with Gasteiger partial charge in [0.25, 0.3) is 0 Å². The van der Waals surface area contributed by atoms with Gasteiger partial charge in [-0.2, -0.15) is 0 Å². The van der Waals surface area contributed by atoms with E-state index in [1.165, 1.54) is 25.2 Å². The molecule has 1 aromatic heterocycles. The van der Waals surface area contributed by atoms with Crippen molar-refractivity contribution in [2.75, 3.05) is 26.2 Å². The average Bonchev–Trinajstić information content (AvgIpc) is 2.89. The van der Waals surface area contributed by atoms with E-state index in [9.17, 15) is 0 Å². The second kappa shape index (κ2) is 6.47. The number of rotatable bonds is 5. The Bertz CT molecular complexity index is 312. The fourth-order valence-electron chi connectivity index (χ4n) is 2.34. The third kappa shape index (κ3) is 3.76. The van der Waals surface area contributed by atoms with Gasteiger partial charge in [-0.05, 0) is 5.92 Å². The second-order valence-corrected chi connectivity index (χ2v) is 5.70. The molecule has 1 N–H and O–H groups in total. The van der Waals surface area contributed by atoms with Gasteiger partial charge in [0.15, 0.2) is 0 Å². The molecule has 1 aromatic rings. The van der Waals surface area contributed by atoms with Crippen LogP contribution in [0.1, 0.15) is 26.0 Å². The lowest BCUT2D eigenvalue weighted by molar-refractivity contribution is 0.170. The van der Waals surface area contributed by atoms with Crippen LogP contribution in [0, 0.1) is 5.92 Å². The van der Waals surface area contributed by atoms with E-state index in [2.05, 4.69) is 34.4 Å². The van der Waals surface area contributed by atoms with Crippen molar-refractivity contribution in [2.45, 2.75) is 32.7 Å². The molecule has 3 nitrogen and oxygen atoms in total. The first-order valence-electron chi connectivity index (χ1n) is 6.62. The zero-order valence-electron chi connectivity index (χ0n) is 10.9. The van der Waals surface area contributed by atoms with E-state index in [4.69, 9.17) is 0 Å². The van der Waals surface area contributed by atoms with Gasteiger partial charge in [-0.25, -0.2) is 4.98 Å². The number of hydrogen-bond donors (Lipinski definition) is 1. The Labute approximate surface area is 108 Å². The van der Waals surface area contributed by atoms with Crippen LogP contribution in [0.4, 0.5) is 0 Å². The van der Waals surface area contributed by atoms with Gasteiger partial charge in [-0.1, -0.05) is 20.3 Å². The molecule has 17 heavy (non-hydrogen) atoms. The third-order valence-corrected chi connectivity index (χ3v) is 4.42. The molecule has 4 heteroatoms. The molecule has 2 rings (SSSR count). The minimum Gasteiger partial charge on any atom is -0.311 e. The summed E-state index contributed by atoms with van der Waals surface area (Å²) >= 11 is 1.69. The Hall–Kier alpha value is -0.450. The summed E-state index contributed by atoms with van der Waals surface area (Å²) in [5.74, 6) is 0.775. The predicted molar refractivity (Wildman–Crippen MR) is 73.5 cm³/mol. The van der Waals surface area contributed by atoms with E-state index in [0.717, 1.165) is 25.4 Å². The van der Waals surface area contributed by atoms with Gasteiger partial charge in [0.1, 0.15) is 0 Å². The number of hydrogen-bond acceptors (Lipinski definition) is 4. The standard InChI is InChI=1S/C13H23N3S/c1-3-11(2)13-8-16(7-5-14-13)6-4-12-9-17-10-15-12/h9-11,13-14H,3-8H2,1-2H3. The van der Waals surface area contributed by atoms with Crippen molar-refractivity contribution in [3.05, 3.63) is 16.6 Å². The van der Waals surface area contributed by atoms with Gasteiger partial charge in [-0.15, -0.1) is 11.3 Å². The molecule has 1 aliphatic heterocycles. The highest BCUT2D eigenvalue weighted by molar-refractivity contribution is 7.07. The van der Waals surface area contributed by atoms with Gasteiger partial charge in [0, 0.05) is 44.0 Å². The average molecular weight is 253 g/mol. The fourth-order valence-corrected chi connectivity index (χ4v) is 2.94. The molecule has 1 fully saturated rings. The van der Waals surface area contributed by atoms with E-state index in [-0.39, 0.29) is 0 Å². The topological polar surface area (TPSA) is 28.2 Å². The minimum absolute atomic E-state index is 0.671. The molecule has 0 spiro atoms. The first-order chi connectivity index (χ1) is 8.29. The normalized spacial score (nSPS) is 23.8. The number of nitrogens with zero attached hydrogens (tertiary/aromatic N) is 2. The molecular formula is C13H23N3S. The van der Waals surface area contributed by atoms with Gasteiger partial charge < -0.3 is 10.2 Å². The van der Waals surface area contributed by atoms with Crippen LogP contribution in [0.5, 0.6) is 0 Å². The Morgan fingerprint density at radius 2 is 2.53 bits per heavy atom. The van der Waals surface area contributed by atoms with Crippen LogP contribution < -0.4 is 5.32 Å². The molecule has 0 bridgehead atoms. The highest BCUT2D eigenvalue weighted by atomic mass is 32.1. The van der Waals surface area contributed by atoms with Crippen molar-refractivity contribution in [2.24, 2.45) is 5.92 Å². The van der Waals surface area contributed by atoms with Crippen LogP contribution >= 0.6 is 11.3 Å². The van der Waals surface area contributed by atoms with Gasteiger partial charge in [-0.3, -0.25) is 0 Å². The Kier molecular flexibility index (Phi) is 4.95. The predicted octanol–water partition coefficient (Wildman–Crippen LogP) is 2.01. The van der Waals surface area contributed by atoms with Crippen LogP contribution in [0.2, 0.25) is 0 Å². The maximum atomic E-state index is 4.35. The smallest absolute Gasteiger partial charge is 0.0794 e. The summed E-state index contributed by atoms with van der Waals surface area (Å²) in [6.07, 6.45) is 2.36. The molecule has 96 valence electrons. The lowest BCUT2D eigenvalue weighted by Crippen LogP contribution is -2.53. The zero-order chi connectivity index (χ0) is 12.1. The Balaban J connectivity index is 1.77. The fraction of sp³-hybridized carbons (Fsp3) is 0.769. The molecule has 0 radical (unpaired) electrons. The van der Waals surface area contributed by atoms with Gasteiger partial charge >= 0.3 is 0 Å². The van der Waals surface area contributed by atoms with Crippen molar-refractivity contribution in [3.63, 3.8) is 0 Å². The SMILES string of the molecule is CCC(C)C1CN(CCc2cscn2)CCN1. The summed E-state index contributed by atoms with van der Waals surface area (Å²) in [6, 6.07) is 0.671. The lowest BCUT2D eigenvalue weighted by Gasteiger charge is -2.36. The molecule has 1 saturated heterocycles. The van der Waals surface area contributed by atoms with Crippen LogP contribution in [-0.2, 0) is 6.42 Å². The minimum atomic E-state index is 0.671. The third-order valence-electron chi connectivity index (χ3n) is 3.79. The Morgan fingerprint density at radius 3 is 3.24 bits per heavy atom. The second-order valence-electron chi connectivity index (χ2n) is 4.98. The molecule has 2 unspecified atom stereocenters. The van der Waals surface area contributed by atoms with E-state index >= 15 is 0 Å². The molecule has 0 amide bonds. The highest BCUT2D eigenvalue weighted by Gasteiger charge is 2.22. The summed E-state index contributed by atoms with van der Waals surface area (Å²) in [5.41, 5.74) is 3.17. The summed E-state index contributed by atoms with van der Waals surface area (Å²) in [5, 5.41) is 5.80. The van der Waals surface area contributed by atoms with E-state index < -0.39 is 0 Å². The zero-order valence-corrected chi connectivity index (χ0v) is 11.7. The lowest BCUT2D eigenvalue weighted by atomic mass is 9.97. The number of nitrogens with one attached hydrogen (secondary N) is 1. The van der Waals surface area contributed by atoms with Crippen LogP contribution in [-0.4, -0.2) is 42.1 Å². The summed E-state index contributed by atoms with van der Waals surface area (Å²) in [7, 11) is 0. The molecular weight excluding hydrogens is 230 g/mol. The molecule has 0 aromatic carbocycles. The largest absolute Gasteiger partial charge is 0.311 e. The molecule has 0 aliphatic carbocycles. The van der Waals surface area contributed by atoms with Crippen LogP contribution in [0.15, 0.2) is 10.9 Å².